The number of halogens is 2. The highest BCUT2D eigenvalue weighted by molar-refractivity contribution is 6.35. The van der Waals surface area contributed by atoms with Gasteiger partial charge in [0.05, 0.1) is 11.6 Å². The van der Waals surface area contributed by atoms with Crippen LogP contribution in [0.4, 0.5) is 5.82 Å². The molecule has 2 heterocycles. The predicted octanol–water partition coefficient (Wildman–Crippen LogP) is 3.30. The Morgan fingerprint density at radius 1 is 1.29 bits per heavy atom. The molecule has 9 heteroatoms. The first-order chi connectivity index (χ1) is 13.4. The summed E-state index contributed by atoms with van der Waals surface area (Å²) in [4.78, 5) is 24.7. The molecule has 3 rings (SSSR count). The highest BCUT2D eigenvalue weighted by Gasteiger charge is 2.26. The van der Waals surface area contributed by atoms with Gasteiger partial charge >= 0.3 is 0 Å². The molecule has 0 aliphatic carbocycles. The van der Waals surface area contributed by atoms with Crippen LogP contribution in [0.15, 0.2) is 30.6 Å². The van der Waals surface area contributed by atoms with Crippen molar-refractivity contribution in [3.63, 3.8) is 0 Å². The van der Waals surface area contributed by atoms with Crippen molar-refractivity contribution < 1.29 is 14.3 Å². The molecule has 0 bridgehead atoms. The zero-order chi connectivity index (χ0) is 20.1. The maximum Gasteiger partial charge on any atom is 0.260 e. The second-order valence-corrected chi connectivity index (χ2v) is 7.51. The Balaban J connectivity index is 1.58. The molecule has 1 aliphatic rings. The minimum absolute atomic E-state index is 0.0951. The van der Waals surface area contributed by atoms with Crippen molar-refractivity contribution in [3.05, 3.63) is 40.6 Å². The van der Waals surface area contributed by atoms with Crippen molar-refractivity contribution in [3.8, 4) is 11.6 Å². The summed E-state index contributed by atoms with van der Waals surface area (Å²) in [7, 11) is 3.76. The normalized spacial score (nSPS) is 16.6. The number of aromatic nitrogens is 2. The fraction of sp³-hybridized carbons (Fsp3) is 0.421. The van der Waals surface area contributed by atoms with Gasteiger partial charge in [-0.25, -0.2) is 9.97 Å². The third-order valence-electron chi connectivity index (χ3n) is 4.32. The molecule has 1 atom stereocenters. The molecule has 1 unspecified atom stereocenters. The monoisotopic (exact) mass is 424 g/mol. The number of ether oxygens (including phenoxy) is 2. The molecule has 2 aromatic rings. The summed E-state index contributed by atoms with van der Waals surface area (Å²) in [6.07, 6.45) is 4.76. The maximum atomic E-state index is 12.6. The number of piperidine rings is 1. The lowest BCUT2D eigenvalue weighted by atomic mass is 10.1. The van der Waals surface area contributed by atoms with Gasteiger partial charge in [-0.3, -0.25) is 4.79 Å². The summed E-state index contributed by atoms with van der Waals surface area (Å²) >= 11 is 12.0. The Morgan fingerprint density at radius 3 is 2.82 bits per heavy atom. The van der Waals surface area contributed by atoms with Crippen molar-refractivity contribution in [2.24, 2.45) is 0 Å². The number of anilines is 1. The van der Waals surface area contributed by atoms with Gasteiger partial charge in [0.15, 0.2) is 12.4 Å². The Morgan fingerprint density at radius 2 is 2.07 bits per heavy atom. The topological polar surface area (TPSA) is 67.8 Å². The lowest BCUT2D eigenvalue weighted by Gasteiger charge is -2.33. The zero-order valence-corrected chi connectivity index (χ0v) is 17.3. The van der Waals surface area contributed by atoms with Crippen molar-refractivity contribution in [1.82, 2.24) is 14.9 Å². The summed E-state index contributed by atoms with van der Waals surface area (Å²) < 4.78 is 11.6. The van der Waals surface area contributed by atoms with E-state index < -0.39 is 0 Å². The first-order valence-corrected chi connectivity index (χ1v) is 9.70. The highest BCUT2D eigenvalue weighted by Crippen LogP contribution is 2.28. The van der Waals surface area contributed by atoms with Crippen LogP contribution in [-0.4, -0.2) is 60.7 Å². The zero-order valence-electron chi connectivity index (χ0n) is 15.8. The first-order valence-electron chi connectivity index (χ1n) is 8.94. The summed E-state index contributed by atoms with van der Waals surface area (Å²) in [6.45, 7) is 1.04. The van der Waals surface area contributed by atoms with Crippen LogP contribution in [-0.2, 0) is 4.79 Å². The van der Waals surface area contributed by atoms with Gasteiger partial charge in [-0.1, -0.05) is 23.2 Å². The molecule has 1 aliphatic heterocycles. The molecule has 0 N–H and O–H groups in total. The van der Waals surface area contributed by atoms with Gasteiger partial charge in [0.1, 0.15) is 11.9 Å². The van der Waals surface area contributed by atoms with E-state index in [0.29, 0.717) is 40.6 Å². The molecule has 7 nitrogen and oxygen atoms in total. The van der Waals surface area contributed by atoms with Crippen molar-refractivity contribution in [2.45, 2.75) is 18.9 Å². The van der Waals surface area contributed by atoms with Gasteiger partial charge in [0.25, 0.3) is 11.8 Å². The van der Waals surface area contributed by atoms with Crippen LogP contribution in [0.3, 0.4) is 0 Å². The van der Waals surface area contributed by atoms with E-state index in [2.05, 4.69) is 9.97 Å². The van der Waals surface area contributed by atoms with Crippen molar-refractivity contribution in [2.75, 3.05) is 38.7 Å². The van der Waals surface area contributed by atoms with Crippen LogP contribution in [0, 0.1) is 0 Å². The Kier molecular flexibility index (Phi) is 6.80. The number of amides is 1. The van der Waals surface area contributed by atoms with E-state index in [1.165, 1.54) is 0 Å². The molecule has 0 radical (unpaired) electrons. The minimum atomic E-state index is -0.146. The third-order valence-corrected chi connectivity index (χ3v) is 4.85. The molecular weight excluding hydrogens is 403 g/mol. The standard InChI is InChI=1S/C19H22Cl2N4O3/c1-24(2)18-19(23-8-7-22-18)28-14-4-3-9-25(11-14)17(26)12-27-16-6-5-13(20)10-15(16)21/h5-8,10,14H,3-4,9,11-12H2,1-2H3. The molecule has 1 aromatic carbocycles. The van der Waals surface area contributed by atoms with E-state index in [-0.39, 0.29) is 18.6 Å². The molecule has 1 aromatic heterocycles. The number of rotatable bonds is 6. The van der Waals surface area contributed by atoms with E-state index in [9.17, 15) is 4.79 Å². The van der Waals surface area contributed by atoms with Crippen LogP contribution in [0.2, 0.25) is 10.0 Å². The second kappa shape index (κ2) is 9.30. The smallest absolute Gasteiger partial charge is 0.260 e. The summed E-state index contributed by atoms with van der Waals surface area (Å²) in [5.74, 6) is 1.44. The second-order valence-electron chi connectivity index (χ2n) is 6.66. The third kappa shape index (κ3) is 5.17. The molecule has 28 heavy (non-hydrogen) atoms. The van der Waals surface area contributed by atoms with E-state index in [1.54, 1.807) is 35.5 Å². The number of nitrogens with zero attached hydrogens (tertiary/aromatic N) is 4. The van der Waals surface area contributed by atoms with Gasteiger partial charge in [-0.2, -0.15) is 0 Å². The molecule has 1 amide bonds. The lowest BCUT2D eigenvalue weighted by molar-refractivity contribution is -0.136. The van der Waals surface area contributed by atoms with Crippen molar-refractivity contribution >= 4 is 34.9 Å². The van der Waals surface area contributed by atoms with Crippen LogP contribution in [0.25, 0.3) is 0 Å². The van der Waals surface area contributed by atoms with E-state index in [0.717, 1.165) is 12.8 Å². The maximum absolute atomic E-state index is 12.6. The summed E-state index contributed by atoms with van der Waals surface area (Å²) in [5, 5.41) is 0.889. The minimum Gasteiger partial charge on any atom is -0.482 e. The SMILES string of the molecule is CN(C)c1nccnc1OC1CCCN(C(=O)COc2ccc(Cl)cc2Cl)C1. The predicted molar refractivity (Wildman–Crippen MR) is 109 cm³/mol. The van der Waals surface area contributed by atoms with E-state index >= 15 is 0 Å². The van der Waals surface area contributed by atoms with E-state index in [4.69, 9.17) is 32.7 Å². The quantitative estimate of drug-likeness (QED) is 0.708. The summed E-state index contributed by atoms with van der Waals surface area (Å²) in [5.41, 5.74) is 0. The number of hydrogen-bond donors (Lipinski definition) is 0. The summed E-state index contributed by atoms with van der Waals surface area (Å²) in [6, 6.07) is 4.90. The van der Waals surface area contributed by atoms with Crippen molar-refractivity contribution in [1.29, 1.82) is 0 Å². The molecule has 150 valence electrons. The Hall–Kier alpha value is -2.25. The molecule has 0 spiro atoms. The number of carbonyl (C=O) groups is 1. The molecule has 0 saturated carbocycles. The Bertz CT molecular complexity index is 835. The van der Waals surface area contributed by atoms with Gasteiger partial charge in [0, 0.05) is 38.1 Å². The number of carbonyl (C=O) groups excluding carboxylic acids is 1. The number of hydrogen-bond acceptors (Lipinski definition) is 6. The first kappa shape index (κ1) is 20.5. The number of benzene rings is 1. The van der Waals surface area contributed by atoms with Crippen LogP contribution in [0.1, 0.15) is 12.8 Å². The molecular formula is C19H22Cl2N4O3. The molecule has 1 saturated heterocycles. The van der Waals surface area contributed by atoms with Crippen LogP contribution < -0.4 is 14.4 Å². The van der Waals surface area contributed by atoms with Gasteiger partial charge in [-0.05, 0) is 31.0 Å². The Labute approximate surface area is 174 Å². The van der Waals surface area contributed by atoms with Gasteiger partial charge in [0.2, 0.25) is 0 Å². The average molecular weight is 425 g/mol. The highest BCUT2D eigenvalue weighted by atomic mass is 35.5. The van der Waals surface area contributed by atoms with Gasteiger partial charge < -0.3 is 19.3 Å². The fourth-order valence-corrected chi connectivity index (χ4v) is 3.41. The largest absolute Gasteiger partial charge is 0.482 e. The molecule has 1 fully saturated rings. The van der Waals surface area contributed by atoms with Crippen LogP contribution in [0.5, 0.6) is 11.6 Å². The number of likely N-dealkylation sites (tertiary alicyclic amines) is 1. The van der Waals surface area contributed by atoms with E-state index in [1.807, 2.05) is 19.0 Å². The fourth-order valence-electron chi connectivity index (χ4n) is 2.95. The van der Waals surface area contributed by atoms with Gasteiger partial charge in [-0.15, -0.1) is 0 Å². The lowest BCUT2D eigenvalue weighted by Crippen LogP contribution is -2.46. The van der Waals surface area contributed by atoms with Crippen LogP contribution >= 0.6 is 23.2 Å². The average Bonchev–Trinajstić information content (AvgIpc) is 2.67.